The monoisotopic (exact) mass is 177 g/mol. The van der Waals surface area contributed by atoms with Crippen LogP contribution in [-0.2, 0) is 6.42 Å². The van der Waals surface area contributed by atoms with Crippen molar-refractivity contribution in [2.24, 2.45) is 0 Å². The smallest absolute Gasteiger partial charge is 0.251 e. The Balaban J connectivity index is 3.06. The van der Waals surface area contributed by atoms with Crippen LogP contribution in [0.5, 0.6) is 0 Å². The minimum absolute atomic E-state index is 0.0188. The van der Waals surface area contributed by atoms with Gasteiger partial charge in [0.15, 0.2) is 0 Å². The van der Waals surface area contributed by atoms with E-state index in [2.05, 4.69) is 19.2 Å². The van der Waals surface area contributed by atoms with Crippen LogP contribution in [0, 0.1) is 6.92 Å². The highest BCUT2D eigenvalue weighted by Crippen LogP contribution is 2.11. The standard InChI is InChI=1S/C11H15NO/c1-4-9-7-10(11(13)12-3)6-5-8(9)2/h5-7H,4H2,1-3H3,(H,12,13). The Morgan fingerprint density at radius 1 is 1.46 bits per heavy atom. The average molecular weight is 177 g/mol. The Hall–Kier alpha value is -1.31. The fourth-order valence-electron chi connectivity index (χ4n) is 1.34. The molecule has 0 fully saturated rings. The molecule has 0 radical (unpaired) electrons. The SMILES string of the molecule is CCc1cc(C(=O)NC)ccc1C. The van der Waals surface area contributed by atoms with E-state index in [0.717, 1.165) is 12.0 Å². The first kappa shape index (κ1) is 9.78. The third kappa shape index (κ3) is 2.08. The molecule has 1 aromatic carbocycles. The molecule has 2 heteroatoms. The normalized spacial score (nSPS) is 9.77. The zero-order chi connectivity index (χ0) is 9.84. The van der Waals surface area contributed by atoms with Gasteiger partial charge >= 0.3 is 0 Å². The highest BCUT2D eigenvalue weighted by molar-refractivity contribution is 5.94. The molecule has 1 N–H and O–H groups in total. The van der Waals surface area contributed by atoms with Crippen LogP contribution in [0.3, 0.4) is 0 Å². The van der Waals surface area contributed by atoms with E-state index in [1.165, 1.54) is 11.1 Å². The summed E-state index contributed by atoms with van der Waals surface area (Å²) in [6, 6.07) is 5.80. The highest BCUT2D eigenvalue weighted by atomic mass is 16.1. The van der Waals surface area contributed by atoms with Gasteiger partial charge in [0, 0.05) is 12.6 Å². The molecule has 0 bridgehead atoms. The third-order valence-electron chi connectivity index (χ3n) is 2.22. The molecule has 0 saturated heterocycles. The molecule has 0 aliphatic heterocycles. The van der Waals surface area contributed by atoms with Gasteiger partial charge in [0.2, 0.25) is 0 Å². The van der Waals surface area contributed by atoms with Crippen molar-refractivity contribution in [2.75, 3.05) is 7.05 Å². The lowest BCUT2D eigenvalue weighted by atomic mass is 10.0. The molecule has 0 aliphatic rings. The van der Waals surface area contributed by atoms with Gasteiger partial charge in [-0.2, -0.15) is 0 Å². The van der Waals surface area contributed by atoms with E-state index in [0.29, 0.717) is 0 Å². The van der Waals surface area contributed by atoms with E-state index in [9.17, 15) is 4.79 Å². The Morgan fingerprint density at radius 3 is 2.69 bits per heavy atom. The summed E-state index contributed by atoms with van der Waals surface area (Å²) < 4.78 is 0. The van der Waals surface area contributed by atoms with Gasteiger partial charge in [0.25, 0.3) is 5.91 Å². The number of rotatable bonds is 2. The van der Waals surface area contributed by atoms with Gasteiger partial charge < -0.3 is 5.32 Å². The molecule has 0 spiro atoms. The van der Waals surface area contributed by atoms with Crippen LogP contribution in [0.25, 0.3) is 0 Å². The molecular weight excluding hydrogens is 162 g/mol. The minimum atomic E-state index is -0.0188. The second kappa shape index (κ2) is 4.08. The van der Waals surface area contributed by atoms with Crippen LogP contribution in [0.1, 0.15) is 28.4 Å². The number of amides is 1. The molecule has 1 rings (SSSR count). The van der Waals surface area contributed by atoms with Gasteiger partial charge in [0.05, 0.1) is 0 Å². The van der Waals surface area contributed by atoms with Crippen molar-refractivity contribution < 1.29 is 4.79 Å². The van der Waals surface area contributed by atoms with Gasteiger partial charge in [-0.3, -0.25) is 4.79 Å². The van der Waals surface area contributed by atoms with Crippen LogP contribution in [0.4, 0.5) is 0 Å². The van der Waals surface area contributed by atoms with E-state index < -0.39 is 0 Å². The third-order valence-corrected chi connectivity index (χ3v) is 2.22. The molecular formula is C11H15NO. The summed E-state index contributed by atoms with van der Waals surface area (Å²) in [6.45, 7) is 4.16. The first-order valence-electron chi connectivity index (χ1n) is 4.50. The number of benzene rings is 1. The Morgan fingerprint density at radius 2 is 2.15 bits per heavy atom. The predicted molar refractivity (Wildman–Crippen MR) is 53.9 cm³/mol. The van der Waals surface area contributed by atoms with E-state index in [4.69, 9.17) is 0 Å². The fourth-order valence-corrected chi connectivity index (χ4v) is 1.34. The van der Waals surface area contributed by atoms with Crippen molar-refractivity contribution >= 4 is 5.91 Å². The summed E-state index contributed by atoms with van der Waals surface area (Å²) in [5, 5.41) is 2.61. The molecule has 13 heavy (non-hydrogen) atoms. The second-order valence-electron chi connectivity index (χ2n) is 3.07. The zero-order valence-electron chi connectivity index (χ0n) is 8.35. The number of nitrogens with one attached hydrogen (secondary N) is 1. The lowest BCUT2D eigenvalue weighted by molar-refractivity contribution is 0.0963. The summed E-state index contributed by atoms with van der Waals surface area (Å²) in [7, 11) is 1.65. The number of carbonyl (C=O) groups is 1. The van der Waals surface area contributed by atoms with Crippen LogP contribution in [0.15, 0.2) is 18.2 Å². The van der Waals surface area contributed by atoms with E-state index in [1.807, 2.05) is 18.2 Å². The van der Waals surface area contributed by atoms with E-state index in [1.54, 1.807) is 7.05 Å². The van der Waals surface area contributed by atoms with Crippen molar-refractivity contribution in [2.45, 2.75) is 20.3 Å². The van der Waals surface area contributed by atoms with Crippen LogP contribution >= 0.6 is 0 Å². The maximum Gasteiger partial charge on any atom is 0.251 e. The summed E-state index contributed by atoms with van der Waals surface area (Å²) >= 11 is 0. The van der Waals surface area contributed by atoms with Gasteiger partial charge in [-0.15, -0.1) is 0 Å². The van der Waals surface area contributed by atoms with Gasteiger partial charge in [-0.05, 0) is 36.6 Å². The predicted octanol–water partition coefficient (Wildman–Crippen LogP) is 1.92. The first-order chi connectivity index (χ1) is 6.19. The maximum atomic E-state index is 11.3. The van der Waals surface area contributed by atoms with Gasteiger partial charge in [-0.25, -0.2) is 0 Å². The number of hydrogen-bond donors (Lipinski definition) is 1. The molecule has 0 saturated carbocycles. The molecule has 0 aliphatic carbocycles. The Bertz CT molecular complexity index is 318. The lowest BCUT2D eigenvalue weighted by Crippen LogP contribution is -2.17. The number of hydrogen-bond acceptors (Lipinski definition) is 1. The maximum absolute atomic E-state index is 11.3. The molecule has 2 nitrogen and oxygen atoms in total. The van der Waals surface area contributed by atoms with Crippen molar-refractivity contribution in [3.05, 3.63) is 34.9 Å². The van der Waals surface area contributed by atoms with Crippen LogP contribution in [-0.4, -0.2) is 13.0 Å². The van der Waals surface area contributed by atoms with Crippen LogP contribution in [0.2, 0.25) is 0 Å². The fraction of sp³-hybridized carbons (Fsp3) is 0.364. The minimum Gasteiger partial charge on any atom is -0.355 e. The number of aryl methyl sites for hydroxylation is 2. The molecule has 1 aromatic rings. The lowest BCUT2D eigenvalue weighted by Gasteiger charge is -2.05. The van der Waals surface area contributed by atoms with Gasteiger partial charge in [-0.1, -0.05) is 13.0 Å². The molecule has 0 unspecified atom stereocenters. The Kier molecular flexibility index (Phi) is 3.07. The van der Waals surface area contributed by atoms with Crippen molar-refractivity contribution in [1.82, 2.24) is 5.32 Å². The largest absolute Gasteiger partial charge is 0.355 e. The summed E-state index contributed by atoms with van der Waals surface area (Å²) in [5.41, 5.74) is 3.22. The first-order valence-corrected chi connectivity index (χ1v) is 4.50. The Labute approximate surface area is 79.0 Å². The van der Waals surface area contributed by atoms with Gasteiger partial charge in [0.1, 0.15) is 0 Å². The molecule has 1 amide bonds. The topological polar surface area (TPSA) is 29.1 Å². The molecule has 0 aromatic heterocycles. The van der Waals surface area contributed by atoms with Crippen LogP contribution < -0.4 is 5.32 Å². The highest BCUT2D eigenvalue weighted by Gasteiger charge is 2.04. The average Bonchev–Trinajstić information content (AvgIpc) is 2.17. The van der Waals surface area contributed by atoms with E-state index in [-0.39, 0.29) is 5.91 Å². The van der Waals surface area contributed by atoms with E-state index >= 15 is 0 Å². The summed E-state index contributed by atoms with van der Waals surface area (Å²) in [5.74, 6) is -0.0188. The quantitative estimate of drug-likeness (QED) is 0.734. The van der Waals surface area contributed by atoms with Crippen molar-refractivity contribution in [3.8, 4) is 0 Å². The van der Waals surface area contributed by atoms with Crippen molar-refractivity contribution in [1.29, 1.82) is 0 Å². The molecule has 0 atom stereocenters. The number of carbonyl (C=O) groups excluding carboxylic acids is 1. The summed E-state index contributed by atoms with van der Waals surface area (Å²) in [4.78, 5) is 11.3. The molecule has 0 heterocycles. The zero-order valence-corrected chi connectivity index (χ0v) is 8.35. The summed E-state index contributed by atoms with van der Waals surface area (Å²) in [6.07, 6.45) is 0.969. The second-order valence-corrected chi connectivity index (χ2v) is 3.07. The molecule has 70 valence electrons. The van der Waals surface area contributed by atoms with Crippen molar-refractivity contribution in [3.63, 3.8) is 0 Å².